The summed E-state index contributed by atoms with van der Waals surface area (Å²) in [5.41, 5.74) is -0.0517. The minimum Gasteiger partial charge on any atom is -0.374 e. The maximum atomic E-state index is 12.5. The van der Waals surface area contributed by atoms with Crippen LogP contribution in [-0.4, -0.2) is 6.54 Å². The number of anilines is 1. The Labute approximate surface area is 86.3 Å². The van der Waals surface area contributed by atoms with Gasteiger partial charge in [-0.05, 0) is 24.6 Å². The summed E-state index contributed by atoms with van der Waals surface area (Å²) in [6.45, 7) is 1.63. The zero-order valence-corrected chi connectivity index (χ0v) is 8.15. The van der Waals surface area contributed by atoms with Gasteiger partial charge in [0, 0.05) is 5.69 Å². The first-order chi connectivity index (χ1) is 6.95. The monoisotopic (exact) mass is 213 g/mol. The van der Waals surface area contributed by atoms with Crippen molar-refractivity contribution in [3.8, 4) is 12.3 Å². The smallest absolute Gasteiger partial charge is 0.374 e. The molecule has 15 heavy (non-hydrogen) atoms. The van der Waals surface area contributed by atoms with Crippen molar-refractivity contribution in [1.82, 2.24) is 0 Å². The second-order valence-electron chi connectivity index (χ2n) is 3.09. The van der Waals surface area contributed by atoms with Gasteiger partial charge in [-0.3, -0.25) is 0 Å². The number of hydrogen-bond acceptors (Lipinski definition) is 1. The Morgan fingerprint density at radius 3 is 2.60 bits per heavy atom. The summed E-state index contributed by atoms with van der Waals surface area (Å²) >= 11 is 0. The molecule has 1 nitrogen and oxygen atoms in total. The first kappa shape index (κ1) is 11.4. The van der Waals surface area contributed by atoms with Gasteiger partial charge in [0.15, 0.2) is 0 Å². The normalized spacial score (nSPS) is 10.9. The molecule has 0 radical (unpaired) electrons. The predicted octanol–water partition coefficient (Wildman–Crippen LogP) is 3.06. The van der Waals surface area contributed by atoms with Crippen LogP contribution in [0, 0.1) is 19.3 Å². The quantitative estimate of drug-likeness (QED) is 0.744. The highest BCUT2D eigenvalue weighted by molar-refractivity contribution is 5.50. The van der Waals surface area contributed by atoms with Gasteiger partial charge in [-0.1, -0.05) is 12.0 Å². The third-order valence-corrected chi connectivity index (χ3v) is 1.94. The molecule has 0 amide bonds. The molecule has 0 aliphatic carbocycles. The van der Waals surface area contributed by atoms with Gasteiger partial charge >= 0.3 is 6.18 Å². The van der Waals surface area contributed by atoms with Crippen molar-refractivity contribution in [1.29, 1.82) is 0 Å². The number of hydrogen-bond donors (Lipinski definition) is 1. The Bertz CT molecular complexity index is 388. The number of terminal acetylenes is 1. The fourth-order valence-electron chi connectivity index (χ4n) is 1.19. The van der Waals surface area contributed by atoms with Gasteiger partial charge in [-0.15, -0.1) is 6.42 Å². The molecule has 0 unspecified atom stereocenters. The average molecular weight is 213 g/mol. The Balaban J connectivity index is 3.02. The Hall–Kier alpha value is -1.63. The van der Waals surface area contributed by atoms with Crippen molar-refractivity contribution >= 4 is 5.69 Å². The van der Waals surface area contributed by atoms with E-state index in [1.54, 1.807) is 6.07 Å². The molecule has 0 spiro atoms. The minimum absolute atomic E-state index is 0.203. The molecule has 0 heterocycles. The van der Waals surface area contributed by atoms with Crippen molar-refractivity contribution in [2.24, 2.45) is 0 Å². The minimum atomic E-state index is -4.32. The first-order valence-electron chi connectivity index (χ1n) is 4.30. The molecular formula is C11H10F3N. The molecule has 0 saturated carbocycles. The number of halogens is 3. The zero-order chi connectivity index (χ0) is 11.5. The Morgan fingerprint density at radius 1 is 1.40 bits per heavy atom. The van der Waals surface area contributed by atoms with Crippen LogP contribution < -0.4 is 5.32 Å². The van der Waals surface area contributed by atoms with E-state index in [4.69, 9.17) is 6.42 Å². The van der Waals surface area contributed by atoms with Gasteiger partial charge in [0.25, 0.3) is 0 Å². The SMILES string of the molecule is C#CCNc1ccc(C)c(C(F)(F)F)c1. The summed E-state index contributed by atoms with van der Waals surface area (Å²) < 4.78 is 37.4. The van der Waals surface area contributed by atoms with Gasteiger partial charge in [0.05, 0.1) is 12.1 Å². The number of benzene rings is 1. The van der Waals surface area contributed by atoms with Crippen molar-refractivity contribution in [2.45, 2.75) is 13.1 Å². The van der Waals surface area contributed by atoms with Crippen LogP contribution in [0.3, 0.4) is 0 Å². The van der Waals surface area contributed by atoms with E-state index < -0.39 is 11.7 Å². The molecule has 0 fully saturated rings. The van der Waals surface area contributed by atoms with E-state index >= 15 is 0 Å². The lowest BCUT2D eigenvalue weighted by molar-refractivity contribution is -0.138. The fraction of sp³-hybridized carbons (Fsp3) is 0.273. The van der Waals surface area contributed by atoms with E-state index in [2.05, 4.69) is 11.2 Å². The van der Waals surface area contributed by atoms with Crippen LogP contribution in [0.4, 0.5) is 18.9 Å². The van der Waals surface area contributed by atoms with Gasteiger partial charge in [-0.2, -0.15) is 13.2 Å². The van der Waals surface area contributed by atoms with E-state index in [0.717, 1.165) is 6.07 Å². The van der Waals surface area contributed by atoms with Crippen molar-refractivity contribution in [3.63, 3.8) is 0 Å². The van der Waals surface area contributed by atoms with Gasteiger partial charge in [0.1, 0.15) is 0 Å². The molecule has 0 bridgehead atoms. The molecule has 0 aromatic heterocycles. The summed E-state index contributed by atoms with van der Waals surface area (Å²) in [5.74, 6) is 2.30. The maximum Gasteiger partial charge on any atom is 0.416 e. The predicted molar refractivity (Wildman–Crippen MR) is 53.5 cm³/mol. The zero-order valence-electron chi connectivity index (χ0n) is 8.15. The largest absolute Gasteiger partial charge is 0.416 e. The van der Waals surface area contributed by atoms with E-state index in [9.17, 15) is 13.2 Å². The molecular weight excluding hydrogens is 203 g/mol. The molecule has 80 valence electrons. The van der Waals surface area contributed by atoms with E-state index in [1.165, 1.54) is 13.0 Å². The van der Waals surface area contributed by atoms with Crippen molar-refractivity contribution in [3.05, 3.63) is 29.3 Å². The van der Waals surface area contributed by atoms with Crippen LogP contribution in [0.15, 0.2) is 18.2 Å². The fourth-order valence-corrected chi connectivity index (χ4v) is 1.19. The van der Waals surface area contributed by atoms with E-state index in [1.807, 2.05) is 0 Å². The second-order valence-corrected chi connectivity index (χ2v) is 3.09. The summed E-state index contributed by atoms with van der Waals surface area (Å²) in [4.78, 5) is 0. The maximum absolute atomic E-state index is 12.5. The Morgan fingerprint density at radius 2 is 2.07 bits per heavy atom. The molecule has 1 N–H and O–H groups in total. The van der Waals surface area contributed by atoms with Gasteiger partial charge in [0.2, 0.25) is 0 Å². The highest BCUT2D eigenvalue weighted by atomic mass is 19.4. The summed E-state index contributed by atoms with van der Waals surface area (Å²) in [6, 6.07) is 4.05. The third-order valence-electron chi connectivity index (χ3n) is 1.94. The average Bonchev–Trinajstić information content (AvgIpc) is 2.15. The van der Waals surface area contributed by atoms with Gasteiger partial charge < -0.3 is 5.32 Å². The number of alkyl halides is 3. The van der Waals surface area contributed by atoms with E-state index in [0.29, 0.717) is 5.69 Å². The number of nitrogens with one attached hydrogen (secondary N) is 1. The molecule has 0 aliphatic heterocycles. The van der Waals surface area contributed by atoms with Crippen LogP contribution in [0.1, 0.15) is 11.1 Å². The molecule has 0 atom stereocenters. The number of aryl methyl sites for hydroxylation is 1. The lowest BCUT2D eigenvalue weighted by Crippen LogP contribution is -2.09. The Kier molecular flexibility index (Phi) is 3.25. The van der Waals surface area contributed by atoms with E-state index in [-0.39, 0.29) is 12.1 Å². The molecule has 0 aliphatic rings. The lowest BCUT2D eigenvalue weighted by atomic mass is 10.1. The van der Waals surface area contributed by atoms with Crippen LogP contribution in [-0.2, 0) is 6.18 Å². The van der Waals surface area contributed by atoms with Crippen LogP contribution >= 0.6 is 0 Å². The van der Waals surface area contributed by atoms with Crippen molar-refractivity contribution < 1.29 is 13.2 Å². The highest BCUT2D eigenvalue weighted by Crippen LogP contribution is 2.33. The van der Waals surface area contributed by atoms with Crippen molar-refractivity contribution in [2.75, 3.05) is 11.9 Å². The standard InChI is InChI=1S/C11H10F3N/c1-3-6-15-9-5-4-8(2)10(7-9)11(12,13)14/h1,4-5,7,15H,6H2,2H3. The first-order valence-corrected chi connectivity index (χ1v) is 4.30. The van der Waals surface area contributed by atoms with Crippen LogP contribution in [0.25, 0.3) is 0 Å². The van der Waals surface area contributed by atoms with Crippen LogP contribution in [0.2, 0.25) is 0 Å². The molecule has 0 saturated heterocycles. The summed E-state index contributed by atoms with van der Waals surface area (Å²) in [7, 11) is 0. The van der Waals surface area contributed by atoms with Gasteiger partial charge in [-0.25, -0.2) is 0 Å². The topological polar surface area (TPSA) is 12.0 Å². The number of rotatable bonds is 2. The molecule has 1 rings (SSSR count). The lowest BCUT2D eigenvalue weighted by Gasteiger charge is -2.12. The van der Waals surface area contributed by atoms with Crippen LogP contribution in [0.5, 0.6) is 0 Å². The summed E-state index contributed by atoms with van der Waals surface area (Å²) in [6.07, 6.45) is 0.674. The molecule has 1 aromatic rings. The third kappa shape index (κ3) is 2.91. The second kappa shape index (κ2) is 4.26. The highest BCUT2D eigenvalue weighted by Gasteiger charge is 2.32. The molecule has 1 aromatic carbocycles. The molecule has 4 heteroatoms. The summed E-state index contributed by atoms with van der Waals surface area (Å²) in [5, 5.41) is 2.70.